The van der Waals surface area contributed by atoms with Crippen LogP contribution in [-0.2, 0) is 4.79 Å². The molecule has 2 saturated heterocycles. The van der Waals surface area contributed by atoms with E-state index in [0.29, 0.717) is 37.6 Å². The van der Waals surface area contributed by atoms with E-state index in [1.165, 1.54) is 0 Å². The first kappa shape index (κ1) is 25.2. The lowest BCUT2D eigenvalue weighted by atomic mass is 10.0. The number of carbonyl (C=O) groups is 2. The molecule has 34 heavy (non-hydrogen) atoms. The number of pyridine rings is 2. The third-order valence-electron chi connectivity index (χ3n) is 6.11. The van der Waals surface area contributed by atoms with E-state index in [9.17, 15) is 9.59 Å². The van der Waals surface area contributed by atoms with Crippen LogP contribution in [0.25, 0.3) is 0 Å². The van der Waals surface area contributed by atoms with E-state index in [4.69, 9.17) is 14.6 Å². The van der Waals surface area contributed by atoms with Crippen LogP contribution in [0.4, 0.5) is 5.69 Å². The number of ether oxygens (including phenoxy) is 1. The number of hydrogen-bond acceptors (Lipinski definition) is 7. The summed E-state index contributed by atoms with van der Waals surface area (Å²) in [6.07, 6.45) is 5.45. The SMILES string of the molecule is CC(=O)O.COc1ccc(N2CCN(C(=O)c3c(C)ccn(C4CCNCC4)c3=O)CC2)cn1. The van der Waals surface area contributed by atoms with Crippen molar-refractivity contribution >= 4 is 17.6 Å². The minimum atomic E-state index is -0.833. The predicted octanol–water partition coefficient (Wildman–Crippen LogP) is 1.54. The van der Waals surface area contributed by atoms with Crippen LogP contribution in [0.1, 0.15) is 41.7 Å². The van der Waals surface area contributed by atoms with Gasteiger partial charge in [0.05, 0.1) is 19.0 Å². The van der Waals surface area contributed by atoms with Gasteiger partial charge in [0.15, 0.2) is 0 Å². The van der Waals surface area contributed by atoms with Gasteiger partial charge in [0.1, 0.15) is 5.56 Å². The Morgan fingerprint density at radius 3 is 2.32 bits per heavy atom. The van der Waals surface area contributed by atoms with Crippen LogP contribution in [0.2, 0.25) is 0 Å². The van der Waals surface area contributed by atoms with Crippen molar-refractivity contribution in [2.45, 2.75) is 32.7 Å². The zero-order valence-electron chi connectivity index (χ0n) is 20.0. The maximum atomic E-state index is 13.3. The second-order valence-electron chi connectivity index (χ2n) is 8.42. The number of methoxy groups -OCH3 is 1. The van der Waals surface area contributed by atoms with Gasteiger partial charge in [-0.3, -0.25) is 14.4 Å². The Labute approximate surface area is 199 Å². The number of nitrogens with one attached hydrogen (secondary N) is 1. The molecule has 0 radical (unpaired) electrons. The molecule has 0 aliphatic carbocycles. The van der Waals surface area contributed by atoms with Gasteiger partial charge in [-0.1, -0.05) is 0 Å². The van der Waals surface area contributed by atoms with Gasteiger partial charge in [0.25, 0.3) is 17.4 Å². The third kappa shape index (κ3) is 6.13. The molecule has 4 heterocycles. The summed E-state index contributed by atoms with van der Waals surface area (Å²) in [4.78, 5) is 43.7. The van der Waals surface area contributed by atoms with Gasteiger partial charge in [-0.15, -0.1) is 0 Å². The first-order valence-corrected chi connectivity index (χ1v) is 11.5. The third-order valence-corrected chi connectivity index (χ3v) is 6.11. The highest BCUT2D eigenvalue weighted by Crippen LogP contribution is 2.20. The number of amides is 1. The lowest BCUT2D eigenvalue weighted by Crippen LogP contribution is -2.50. The molecular weight excluding hydrogens is 438 g/mol. The molecule has 2 aromatic heterocycles. The number of piperazine rings is 1. The highest BCUT2D eigenvalue weighted by molar-refractivity contribution is 5.95. The zero-order chi connectivity index (χ0) is 24.7. The molecule has 184 valence electrons. The van der Waals surface area contributed by atoms with Crippen molar-refractivity contribution in [2.24, 2.45) is 0 Å². The number of aromatic nitrogens is 2. The molecule has 2 aromatic rings. The molecule has 2 aliphatic rings. The number of carbonyl (C=O) groups excluding carboxylic acids is 1. The van der Waals surface area contributed by atoms with E-state index >= 15 is 0 Å². The van der Waals surface area contributed by atoms with Gasteiger partial charge >= 0.3 is 0 Å². The lowest BCUT2D eigenvalue weighted by Gasteiger charge is -2.36. The molecule has 10 nitrogen and oxygen atoms in total. The van der Waals surface area contributed by atoms with Gasteiger partial charge in [0, 0.05) is 51.4 Å². The fraction of sp³-hybridized carbons (Fsp3) is 0.500. The molecule has 0 unspecified atom stereocenters. The van der Waals surface area contributed by atoms with Crippen LogP contribution in [0.15, 0.2) is 35.4 Å². The van der Waals surface area contributed by atoms with Crippen molar-refractivity contribution in [1.29, 1.82) is 0 Å². The Bertz CT molecular complexity index is 1030. The Morgan fingerprint density at radius 2 is 1.76 bits per heavy atom. The molecule has 0 atom stereocenters. The van der Waals surface area contributed by atoms with Crippen molar-refractivity contribution in [3.8, 4) is 5.88 Å². The second kappa shape index (κ2) is 11.6. The molecule has 0 bridgehead atoms. The first-order valence-electron chi connectivity index (χ1n) is 11.5. The standard InChI is InChI=1S/C22H29N5O3.C2H4O2/c1-16-7-10-27(17-5-8-23-9-6-17)22(29)20(16)21(28)26-13-11-25(12-14-26)18-3-4-19(30-2)24-15-18;1-2(3)4/h3-4,7,10,15,17,23H,5-6,8-9,11-14H2,1-2H3;1H3,(H,3,4). The number of aliphatic carboxylic acids is 1. The molecule has 2 N–H and O–H groups in total. The van der Waals surface area contributed by atoms with E-state index in [0.717, 1.165) is 44.1 Å². The Kier molecular flexibility index (Phi) is 8.64. The van der Waals surface area contributed by atoms with E-state index in [2.05, 4.69) is 15.2 Å². The maximum absolute atomic E-state index is 13.3. The molecule has 2 aliphatic heterocycles. The molecule has 10 heteroatoms. The van der Waals surface area contributed by atoms with Crippen molar-refractivity contribution in [2.75, 3.05) is 51.3 Å². The minimum absolute atomic E-state index is 0.158. The smallest absolute Gasteiger partial charge is 0.300 e. The highest BCUT2D eigenvalue weighted by Gasteiger charge is 2.27. The van der Waals surface area contributed by atoms with Crippen LogP contribution in [-0.4, -0.2) is 77.8 Å². The minimum Gasteiger partial charge on any atom is -0.481 e. The molecule has 0 aromatic carbocycles. The average molecular weight is 472 g/mol. The van der Waals surface area contributed by atoms with E-state index in [1.54, 1.807) is 22.8 Å². The zero-order valence-corrected chi connectivity index (χ0v) is 20.0. The molecular formula is C24H33N5O5. The predicted molar refractivity (Wildman–Crippen MR) is 129 cm³/mol. The van der Waals surface area contributed by atoms with Gasteiger partial charge in [-0.05, 0) is 50.6 Å². The first-order chi connectivity index (χ1) is 16.3. The van der Waals surface area contributed by atoms with Gasteiger partial charge in [-0.2, -0.15) is 0 Å². The molecule has 2 fully saturated rings. The average Bonchev–Trinajstić information content (AvgIpc) is 2.84. The Morgan fingerprint density at radius 1 is 1.12 bits per heavy atom. The Hall–Kier alpha value is -3.40. The normalized spacial score (nSPS) is 16.4. The number of rotatable bonds is 4. The van der Waals surface area contributed by atoms with Gasteiger partial charge in [-0.25, -0.2) is 4.98 Å². The largest absolute Gasteiger partial charge is 0.481 e. The number of hydrogen-bond donors (Lipinski definition) is 2. The summed E-state index contributed by atoms with van der Waals surface area (Å²) < 4.78 is 6.88. The number of anilines is 1. The molecule has 4 rings (SSSR count). The number of carboxylic acid groups (broad SMARTS) is 1. The number of aryl methyl sites for hydroxylation is 1. The molecule has 0 saturated carbocycles. The van der Waals surface area contributed by atoms with Crippen LogP contribution >= 0.6 is 0 Å². The Balaban J connectivity index is 0.000000751. The molecule has 0 spiro atoms. The van der Waals surface area contributed by atoms with E-state index in [1.807, 2.05) is 31.3 Å². The fourth-order valence-electron chi connectivity index (χ4n) is 4.28. The lowest BCUT2D eigenvalue weighted by molar-refractivity contribution is -0.134. The summed E-state index contributed by atoms with van der Waals surface area (Å²) in [5.74, 6) is -0.412. The van der Waals surface area contributed by atoms with Gasteiger partial charge in [0.2, 0.25) is 5.88 Å². The van der Waals surface area contributed by atoms with Crippen LogP contribution in [0, 0.1) is 6.92 Å². The van der Waals surface area contributed by atoms with E-state index in [-0.39, 0.29) is 17.5 Å². The van der Waals surface area contributed by atoms with Crippen molar-refractivity contribution < 1.29 is 19.4 Å². The molecule has 1 amide bonds. The summed E-state index contributed by atoms with van der Waals surface area (Å²) in [7, 11) is 1.59. The summed E-state index contributed by atoms with van der Waals surface area (Å²) in [5, 5.41) is 10.7. The summed E-state index contributed by atoms with van der Waals surface area (Å²) >= 11 is 0. The summed E-state index contributed by atoms with van der Waals surface area (Å²) in [6, 6.07) is 5.87. The quantitative estimate of drug-likeness (QED) is 0.690. The monoisotopic (exact) mass is 471 g/mol. The van der Waals surface area contributed by atoms with Crippen LogP contribution in [0.5, 0.6) is 5.88 Å². The van der Waals surface area contributed by atoms with Gasteiger partial charge < -0.3 is 29.5 Å². The number of nitrogens with zero attached hydrogens (tertiary/aromatic N) is 4. The van der Waals surface area contributed by atoms with Crippen molar-refractivity contribution in [1.82, 2.24) is 19.8 Å². The van der Waals surface area contributed by atoms with Crippen molar-refractivity contribution in [3.63, 3.8) is 0 Å². The summed E-state index contributed by atoms with van der Waals surface area (Å²) in [5.41, 5.74) is 1.91. The van der Waals surface area contributed by atoms with Crippen LogP contribution < -0.4 is 20.5 Å². The second-order valence-corrected chi connectivity index (χ2v) is 8.42. The van der Waals surface area contributed by atoms with Crippen molar-refractivity contribution in [3.05, 3.63) is 52.1 Å². The van der Waals surface area contributed by atoms with Crippen LogP contribution in [0.3, 0.4) is 0 Å². The topological polar surface area (TPSA) is 117 Å². The number of carboxylic acids is 1. The fourth-order valence-corrected chi connectivity index (χ4v) is 4.28. The van der Waals surface area contributed by atoms with E-state index < -0.39 is 5.97 Å². The number of piperidine rings is 1. The highest BCUT2D eigenvalue weighted by atomic mass is 16.5. The maximum Gasteiger partial charge on any atom is 0.300 e. The summed E-state index contributed by atoms with van der Waals surface area (Å²) in [6.45, 7) is 7.29.